The van der Waals surface area contributed by atoms with Crippen molar-refractivity contribution in [1.29, 1.82) is 0 Å². The van der Waals surface area contributed by atoms with E-state index < -0.39 is 11.9 Å². The molecule has 17 heavy (non-hydrogen) atoms. The number of ether oxygens (including phenoxy) is 1. The molecule has 1 unspecified atom stereocenters. The summed E-state index contributed by atoms with van der Waals surface area (Å²) in [4.78, 5) is 23.2. The van der Waals surface area contributed by atoms with E-state index in [1.807, 2.05) is 12.1 Å². The Morgan fingerprint density at radius 3 is 2.59 bits per heavy atom. The van der Waals surface area contributed by atoms with E-state index in [4.69, 9.17) is 0 Å². The summed E-state index contributed by atoms with van der Waals surface area (Å²) in [6, 6.07) is 7.22. The number of hydrogen-bond acceptors (Lipinski definition) is 3. The van der Waals surface area contributed by atoms with Gasteiger partial charge in [-0.1, -0.05) is 19.1 Å². The van der Waals surface area contributed by atoms with Gasteiger partial charge >= 0.3 is 5.97 Å². The monoisotopic (exact) mass is 299 g/mol. The van der Waals surface area contributed by atoms with Crippen molar-refractivity contribution in [2.75, 3.05) is 12.4 Å². The molecule has 92 valence electrons. The Morgan fingerprint density at radius 1 is 1.41 bits per heavy atom. The van der Waals surface area contributed by atoms with E-state index in [0.29, 0.717) is 12.1 Å². The molecular weight excluding hydrogens is 286 g/mol. The van der Waals surface area contributed by atoms with Crippen LogP contribution in [0, 0.1) is 5.92 Å². The minimum atomic E-state index is -0.771. The normalized spacial score (nSPS) is 11.7. The number of carbonyl (C=O) groups is 2. The van der Waals surface area contributed by atoms with Crippen LogP contribution in [0.5, 0.6) is 0 Å². The molecule has 4 nitrogen and oxygen atoms in total. The number of esters is 1. The molecular formula is C12H14BrNO3. The van der Waals surface area contributed by atoms with Crippen LogP contribution < -0.4 is 5.32 Å². The predicted octanol–water partition coefficient (Wildman–Crippen LogP) is 2.59. The van der Waals surface area contributed by atoms with Crippen molar-refractivity contribution in [1.82, 2.24) is 0 Å². The summed E-state index contributed by atoms with van der Waals surface area (Å²) in [6.07, 6.45) is 0.406. The van der Waals surface area contributed by atoms with Crippen LogP contribution in [0.15, 0.2) is 28.7 Å². The van der Waals surface area contributed by atoms with Crippen molar-refractivity contribution in [3.8, 4) is 0 Å². The highest BCUT2D eigenvalue weighted by Gasteiger charge is 2.25. The summed E-state index contributed by atoms with van der Waals surface area (Å²) in [5, 5.41) is 2.69. The average Bonchev–Trinajstić information content (AvgIpc) is 2.32. The first-order valence-corrected chi connectivity index (χ1v) is 6.02. The lowest BCUT2D eigenvalue weighted by molar-refractivity contribution is -0.148. The SMILES string of the molecule is CCC(C(=O)Nc1ccccc1Br)C(=O)OC. The number of carbonyl (C=O) groups excluding carboxylic acids is 2. The molecule has 0 fully saturated rings. The Balaban J connectivity index is 2.78. The van der Waals surface area contributed by atoms with Gasteiger partial charge in [0.1, 0.15) is 5.92 Å². The van der Waals surface area contributed by atoms with E-state index in [1.165, 1.54) is 7.11 Å². The van der Waals surface area contributed by atoms with Crippen LogP contribution >= 0.6 is 15.9 Å². The summed E-state index contributed by atoms with van der Waals surface area (Å²) in [6.45, 7) is 1.77. The second kappa shape index (κ2) is 6.39. The third-order valence-corrected chi connectivity index (χ3v) is 3.03. The van der Waals surface area contributed by atoms with Crippen LogP contribution in [0.3, 0.4) is 0 Å². The standard InChI is InChI=1S/C12H14BrNO3/c1-3-8(12(16)17-2)11(15)14-10-7-5-4-6-9(10)13/h4-8H,3H2,1-2H3,(H,14,15). The van der Waals surface area contributed by atoms with E-state index in [0.717, 1.165) is 4.47 Å². The minimum Gasteiger partial charge on any atom is -0.468 e. The Morgan fingerprint density at radius 2 is 2.06 bits per heavy atom. The van der Waals surface area contributed by atoms with Crippen LogP contribution in [0.25, 0.3) is 0 Å². The van der Waals surface area contributed by atoms with Crippen LogP contribution in [0.1, 0.15) is 13.3 Å². The van der Waals surface area contributed by atoms with Crippen molar-refractivity contribution < 1.29 is 14.3 Å². The van der Waals surface area contributed by atoms with Gasteiger partial charge in [-0.25, -0.2) is 0 Å². The van der Waals surface area contributed by atoms with Crippen molar-refractivity contribution in [3.63, 3.8) is 0 Å². The second-order valence-corrected chi connectivity index (χ2v) is 4.31. The Kier molecular flexibility index (Phi) is 5.15. The quantitative estimate of drug-likeness (QED) is 0.687. The molecule has 0 bridgehead atoms. The molecule has 1 aromatic rings. The lowest BCUT2D eigenvalue weighted by Crippen LogP contribution is -2.30. The van der Waals surface area contributed by atoms with E-state index in [-0.39, 0.29) is 5.91 Å². The maximum absolute atomic E-state index is 11.9. The average molecular weight is 300 g/mol. The molecule has 1 rings (SSSR count). The van der Waals surface area contributed by atoms with Gasteiger partial charge in [-0.15, -0.1) is 0 Å². The number of benzene rings is 1. The summed E-state index contributed by atoms with van der Waals surface area (Å²) in [5.74, 6) is -1.64. The van der Waals surface area contributed by atoms with Gasteiger partial charge in [0.2, 0.25) is 5.91 Å². The van der Waals surface area contributed by atoms with Gasteiger partial charge in [-0.05, 0) is 34.5 Å². The molecule has 1 N–H and O–H groups in total. The number of methoxy groups -OCH3 is 1. The van der Waals surface area contributed by atoms with Crippen LogP contribution in [0.4, 0.5) is 5.69 Å². The van der Waals surface area contributed by atoms with E-state index in [1.54, 1.807) is 19.1 Å². The molecule has 5 heteroatoms. The van der Waals surface area contributed by atoms with Crippen molar-refractivity contribution in [2.24, 2.45) is 5.92 Å². The third-order valence-electron chi connectivity index (χ3n) is 2.34. The number of hydrogen-bond donors (Lipinski definition) is 1. The van der Waals surface area contributed by atoms with Gasteiger partial charge in [0, 0.05) is 4.47 Å². The van der Waals surface area contributed by atoms with Crippen LogP contribution in [-0.2, 0) is 14.3 Å². The molecule has 0 aliphatic rings. The minimum absolute atomic E-state index is 0.355. The first-order valence-electron chi connectivity index (χ1n) is 5.23. The summed E-state index contributed by atoms with van der Waals surface area (Å²) in [7, 11) is 1.27. The first-order chi connectivity index (χ1) is 8.10. The molecule has 0 saturated heterocycles. The van der Waals surface area contributed by atoms with Gasteiger partial charge in [-0.3, -0.25) is 9.59 Å². The van der Waals surface area contributed by atoms with E-state index in [9.17, 15) is 9.59 Å². The first kappa shape index (κ1) is 13.7. The fourth-order valence-electron chi connectivity index (χ4n) is 1.38. The number of anilines is 1. The largest absolute Gasteiger partial charge is 0.468 e. The number of para-hydroxylation sites is 1. The zero-order chi connectivity index (χ0) is 12.8. The van der Waals surface area contributed by atoms with Crippen LogP contribution in [-0.4, -0.2) is 19.0 Å². The number of amides is 1. The fourth-order valence-corrected chi connectivity index (χ4v) is 1.77. The maximum atomic E-state index is 11.9. The summed E-state index contributed by atoms with van der Waals surface area (Å²) >= 11 is 3.32. The molecule has 0 aliphatic carbocycles. The molecule has 1 atom stereocenters. The topological polar surface area (TPSA) is 55.4 Å². The van der Waals surface area contributed by atoms with Crippen molar-refractivity contribution in [3.05, 3.63) is 28.7 Å². The van der Waals surface area contributed by atoms with E-state index >= 15 is 0 Å². The van der Waals surface area contributed by atoms with Gasteiger partial charge < -0.3 is 10.1 Å². The highest BCUT2D eigenvalue weighted by molar-refractivity contribution is 9.10. The van der Waals surface area contributed by atoms with Gasteiger partial charge in [0.05, 0.1) is 12.8 Å². The third kappa shape index (κ3) is 3.56. The Bertz CT molecular complexity index is 420. The number of halogens is 1. The van der Waals surface area contributed by atoms with E-state index in [2.05, 4.69) is 26.0 Å². The highest BCUT2D eigenvalue weighted by atomic mass is 79.9. The summed E-state index contributed by atoms with van der Waals surface area (Å²) < 4.78 is 5.35. The predicted molar refractivity (Wildman–Crippen MR) is 68.6 cm³/mol. The van der Waals surface area contributed by atoms with Gasteiger partial charge in [-0.2, -0.15) is 0 Å². The smallest absolute Gasteiger partial charge is 0.318 e. The zero-order valence-corrected chi connectivity index (χ0v) is 11.3. The Hall–Kier alpha value is -1.36. The lowest BCUT2D eigenvalue weighted by atomic mass is 10.1. The van der Waals surface area contributed by atoms with Crippen molar-refractivity contribution in [2.45, 2.75) is 13.3 Å². The highest BCUT2D eigenvalue weighted by Crippen LogP contribution is 2.22. The Labute approximate surface area is 108 Å². The molecule has 1 aromatic carbocycles. The molecule has 0 aliphatic heterocycles. The second-order valence-electron chi connectivity index (χ2n) is 3.45. The van der Waals surface area contributed by atoms with Gasteiger partial charge in [0.25, 0.3) is 0 Å². The molecule has 0 radical (unpaired) electrons. The van der Waals surface area contributed by atoms with Gasteiger partial charge in [0.15, 0.2) is 0 Å². The molecule has 0 aromatic heterocycles. The molecule has 0 saturated carbocycles. The number of rotatable bonds is 4. The molecule has 1 amide bonds. The zero-order valence-electron chi connectivity index (χ0n) is 9.70. The molecule has 0 heterocycles. The lowest BCUT2D eigenvalue weighted by Gasteiger charge is -2.13. The fraction of sp³-hybridized carbons (Fsp3) is 0.333. The molecule has 0 spiro atoms. The summed E-state index contributed by atoms with van der Waals surface area (Å²) in [5.41, 5.74) is 0.639. The number of nitrogens with one attached hydrogen (secondary N) is 1. The maximum Gasteiger partial charge on any atom is 0.318 e. The van der Waals surface area contributed by atoms with Crippen molar-refractivity contribution >= 4 is 33.5 Å². The van der Waals surface area contributed by atoms with Crippen LogP contribution in [0.2, 0.25) is 0 Å².